The lowest BCUT2D eigenvalue weighted by Gasteiger charge is -2.32. The van der Waals surface area contributed by atoms with Crippen molar-refractivity contribution in [1.29, 1.82) is 0 Å². The van der Waals surface area contributed by atoms with E-state index in [1.54, 1.807) is 0 Å². The monoisotopic (exact) mass is 226 g/mol. The zero-order chi connectivity index (χ0) is 12.4. The van der Waals surface area contributed by atoms with E-state index in [0.29, 0.717) is 0 Å². The van der Waals surface area contributed by atoms with Gasteiger partial charge >= 0.3 is 0 Å². The van der Waals surface area contributed by atoms with Crippen molar-refractivity contribution < 1.29 is 0 Å². The lowest BCUT2D eigenvalue weighted by molar-refractivity contribution is 0.491. The third-order valence-electron chi connectivity index (χ3n) is 3.07. The first-order valence-electron chi connectivity index (χ1n) is 5.87. The molecule has 0 amide bonds. The molecule has 1 aliphatic heterocycles. The Morgan fingerprint density at radius 3 is 3.00 bits per heavy atom. The summed E-state index contributed by atoms with van der Waals surface area (Å²) in [5, 5.41) is 0. The van der Waals surface area contributed by atoms with Crippen LogP contribution in [0.2, 0.25) is 0 Å². The van der Waals surface area contributed by atoms with Crippen molar-refractivity contribution in [3.63, 3.8) is 0 Å². The zero-order valence-corrected chi connectivity index (χ0v) is 10.5. The second-order valence-corrected chi connectivity index (χ2v) is 4.32. The van der Waals surface area contributed by atoms with E-state index in [2.05, 4.69) is 29.1 Å². The minimum absolute atomic E-state index is 0.943. The highest BCUT2D eigenvalue weighted by Crippen LogP contribution is 2.29. The Bertz CT molecular complexity index is 498. The number of hydrogen-bond acceptors (Lipinski definition) is 2. The Labute approximate surface area is 103 Å². The Morgan fingerprint density at radius 2 is 2.29 bits per heavy atom. The molecule has 0 N–H and O–H groups in total. The molecule has 0 unspecified atom stereocenters. The molecular formula is C15H18N2. The molecule has 0 radical (unpaired) electrons. The summed E-state index contributed by atoms with van der Waals surface area (Å²) in [5.41, 5.74) is 5.54. The second kappa shape index (κ2) is 4.58. The highest BCUT2D eigenvalue weighted by molar-refractivity contribution is 5.68. The van der Waals surface area contributed by atoms with Gasteiger partial charge in [0.05, 0.1) is 0 Å². The van der Waals surface area contributed by atoms with E-state index in [-0.39, 0.29) is 0 Å². The first-order chi connectivity index (χ1) is 8.13. The molecule has 1 aromatic heterocycles. The van der Waals surface area contributed by atoms with Crippen molar-refractivity contribution in [3.8, 4) is 0 Å². The fourth-order valence-electron chi connectivity index (χ4n) is 2.20. The van der Waals surface area contributed by atoms with E-state index in [9.17, 15) is 0 Å². The molecule has 2 heteroatoms. The van der Waals surface area contributed by atoms with Crippen molar-refractivity contribution in [2.45, 2.75) is 20.3 Å². The number of fused-ring (bicyclic) bond motifs is 1. The minimum Gasteiger partial charge on any atom is -0.342 e. The molecule has 0 bridgehead atoms. The van der Waals surface area contributed by atoms with E-state index < -0.39 is 0 Å². The molecule has 88 valence electrons. The number of rotatable bonds is 2. The number of aryl methyl sites for hydroxylation is 1. The second-order valence-electron chi connectivity index (χ2n) is 4.32. The molecule has 0 aromatic carbocycles. The van der Waals surface area contributed by atoms with Crippen LogP contribution in [0.3, 0.4) is 0 Å². The summed E-state index contributed by atoms with van der Waals surface area (Å²) in [6, 6.07) is 2.15. The third-order valence-corrected chi connectivity index (χ3v) is 3.07. The summed E-state index contributed by atoms with van der Waals surface area (Å²) < 4.78 is 0. The standard InChI is InChI=1S/C15H18N2/c1-5-6-12(3)17-8-7-14-9-11(2)16-10-15(14)13(17)4/h5-6,9-10H,3-4,7-8H2,1-2H3/b6-5-. The van der Waals surface area contributed by atoms with E-state index in [0.717, 1.165) is 35.6 Å². The predicted molar refractivity (Wildman–Crippen MR) is 72.4 cm³/mol. The van der Waals surface area contributed by atoms with Gasteiger partial charge in [-0.2, -0.15) is 0 Å². The molecule has 17 heavy (non-hydrogen) atoms. The van der Waals surface area contributed by atoms with Gasteiger partial charge in [-0.1, -0.05) is 19.2 Å². The van der Waals surface area contributed by atoms with Gasteiger partial charge in [-0.05, 0) is 38.0 Å². The van der Waals surface area contributed by atoms with Crippen LogP contribution in [-0.2, 0) is 6.42 Å². The Hall–Kier alpha value is -1.83. The zero-order valence-electron chi connectivity index (χ0n) is 10.5. The average Bonchev–Trinajstić information content (AvgIpc) is 2.29. The third kappa shape index (κ3) is 2.16. The Morgan fingerprint density at radius 1 is 1.53 bits per heavy atom. The minimum atomic E-state index is 0.943. The molecule has 0 saturated heterocycles. The number of aromatic nitrogens is 1. The summed E-state index contributed by atoms with van der Waals surface area (Å²) in [4.78, 5) is 6.50. The first kappa shape index (κ1) is 11.6. The molecule has 0 atom stereocenters. The molecule has 0 aliphatic carbocycles. The van der Waals surface area contributed by atoms with Gasteiger partial charge in [-0.25, -0.2) is 0 Å². The van der Waals surface area contributed by atoms with Crippen molar-refractivity contribution in [2.24, 2.45) is 0 Å². The number of hydrogen-bond donors (Lipinski definition) is 0. The molecule has 2 nitrogen and oxygen atoms in total. The van der Waals surface area contributed by atoms with Crippen LogP contribution in [0.25, 0.3) is 5.70 Å². The largest absolute Gasteiger partial charge is 0.342 e. The number of nitrogens with zero attached hydrogens (tertiary/aromatic N) is 2. The molecule has 0 spiro atoms. The van der Waals surface area contributed by atoms with Crippen LogP contribution < -0.4 is 0 Å². The summed E-state index contributed by atoms with van der Waals surface area (Å²) in [6.45, 7) is 13.2. The topological polar surface area (TPSA) is 16.1 Å². The van der Waals surface area contributed by atoms with E-state index in [4.69, 9.17) is 0 Å². The Balaban J connectivity index is 2.33. The lowest BCUT2D eigenvalue weighted by Crippen LogP contribution is -2.27. The van der Waals surface area contributed by atoms with Crippen molar-refractivity contribution >= 4 is 5.70 Å². The van der Waals surface area contributed by atoms with Crippen molar-refractivity contribution in [3.05, 3.63) is 60.1 Å². The quantitative estimate of drug-likeness (QED) is 0.719. The maximum absolute atomic E-state index is 4.35. The number of allylic oxidation sites excluding steroid dienone is 2. The van der Waals surface area contributed by atoms with Gasteiger partial charge in [0.25, 0.3) is 0 Å². The van der Waals surface area contributed by atoms with Gasteiger partial charge in [-0.3, -0.25) is 4.98 Å². The van der Waals surface area contributed by atoms with E-state index in [1.165, 1.54) is 5.56 Å². The van der Waals surface area contributed by atoms with Crippen LogP contribution in [0.15, 0.2) is 43.3 Å². The fraction of sp³-hybridized carbons (Fsp3) is 0.267. The molecule has 2 rings (SSSR count). The molecule has 2 heterocycles. The smallest absolute Gasteiger partial charge is 0.0429 e. The maximum atomic E-state index is 4.35. The fourth-order valence-corrected chi connectivity index (χ4v) is 2.20. The summed E-state index contributed by atoms with van der Waals surface area (Å²) >= 11 is 0. The van der Waals surface area contributed by atoms with Gasteiger partial charge in [0.2, 0.25) is 0 Å². The summed E-state index contributed by atoms with van der Waals surface area (Å²) in [7, 11) is 0. The van der Waals surface area contributed by atoms with Crippen molar-refractivity contribution in [2.75, 3.05) is 6.54 Å². The van der Waals surface area contributed by atoms with Crippen LogP contribution in [0.5, 0.6) is 0 Å². The van der Waals surface area contributed by atoms with Crippen LogP contribution >= 0.6 is 0 Å². The van der Waals surface area contributed by atoms with Gasteiger partial charge in [0.1, 0.15) is 0 Å². The van der Waals surface area contributed by atoms with Gasteiger partial charge in [0.15, 0.2) is 0 Å². The van der Waals surface area contributed by atoms with Gasteiger partial charge in [0, 0.05) is 35.4 Å². The van der Waals surface area contributed by atoms with Crippen LogP contribution in [-0.4, -0.2) is 16.4 Å². The Kier molecular flexibility index (Phi) is 3.14. The predicted octanol–water partition coefficient (Wildman–Crippen LogP) is 3.31. The van der Waals surface area contributed by atoms with Crippen molar-refractivity contribution in [1.82, 2.24) is 9.88 Å². The van der Waals surface area contributed by atoms with Gasteiger partial charge in [-0.15, -0.1) is 0 Å². The highest BCUT2D eigenvalue weighted by Gasteiger charge is 2.20. The molecule has 0 fully saturated rings. The maximum Gasteiger partial charge on any atom is 0.0429 e. The van der Waals surface area contributed by atoms with Crippen LogP contribution in [0, 0.1) is 6.92 Å². The van der Waals surface area contributed by atoms with E-state index >= 15 is 0 Å². The van der Waals surface area contributed by atoms with Gasteiger partial charge < -0.3 is 4.90 Å². The summed E-state index contributed by atoms with van der Waals surface area (Å²) in [6.07, 6.45) is 6.95. The highest BCUT2D eigenvalue weighted by atomic mass is 15.1. The molecule has 1 aromatic rings. The van der Waals surface area contributed by atoms with Crippen LogP contribution in [0.1, 0.15) is 23.7 Å². The number of pyridine rings is 1. The molecular weight excluding hydrogens is 208 g/mol. The molecule has 1 aliphatic rings. The average molecular weight is 226 g/mol. The molecule has 0 saturated carbocycles. The summed E-state index contributed by atoms with van der Waals surface area (Å²) in [5.74, 6) is 0. The lowest BCUT2D eigenvalue weighted by atomic mass is 9.98. The van der Waals surface area contributed by atoms with Crippen LogP contribution in [0.4, 0.5) is 0 Å². The first-order valence-corrected chi connectivity index (χ1v) is 5.87. The SMILES string of the molecule is C=C(/C=C\C)N1CCc2cc(C)ncc2C1=C. The normalized spacial score (nSPS) is 15.2. The van der Waals surface area contributed by atoms with E-state index in [1.807, 2.05) is 32.2 Å².